The number of benzene rings is 9. The smallest absolute Gasteiger partial charge is 0.262 e. The van der Waals surface area contributed by atoms with E-state index in [9.17, 15) is 0 Å². The lowest BCUT2D eigenvalue weighted by Crippen LogP contribution is -2.53. The molecule has 4 unspecified atom stereocenters. The molecule has 4 aliphatic heterocycles. The number of hydrogen-bond acceptors (Lipinski definition) is 16. The van der Waals surface area contributed by atoms with Gasteiger partial charge >= 0.3 is 0 Å². The zero-order valence-electron chi connectivity index (χ0n) is 64.4. The van der Waals surface area contributed by atoms with Crippen LogP contribution in [0.2, 0.25) is 0 Å². The highest BCUT2D eigenvalue weighted by molar-refractivity contribution is 6.45. The van der Waals surface area contributed by atoms with E-state index in [1.807, 2.05) is 97.1 Å². The van der Waals surface area contributed by atoms with Crippen molar-refractivity contribution in [1.82, 2.24) is 19.8 Å². The highest BCUT2D eigenvalue weighted by atomic mass is 16.6. The van der Waals surface area contributed by atoms with Crippen molar-refractivity contribution in [3.8, 4) is 46.0 Å². The van der Waals surface area contributed by atoms with E-state index in [0.717, 1.165) is 83.4 Å². The number of pyridine rings is 2. The first-order valence-corrected chi connectivity index (χ1v) is 39.7. The van der Waals surface area contributed by atoms with Crippen LogP contribution < -0.4 is 40.2 Å². The van der Waals surface area contributed by atoms with Crippen LogP contribution in [0.4, 0.5) is 23.0 Å². The molecule has 9 aromatic carbocycles. The molecular formula is C92H92N8O12. The molecule has 0 bridgehead atoms. The van der Waals surface area contributed by atoms with Gasteiger partial charge in [-0.3, -0.25) is 38.6 Å². The molecule has 112 heavy (non-hydrogen) atoms. The maximum absolute atomic E-state index is 16.8. The van der Waals surface area contributed by atoms with Gasteiger partial charge in [0.15, 0.2) is 0 Å². The van der Waals surface area contributed by atoms with Crippen molar-refractivity contribution < 1.29 is 57.2 Å². The topological polar surface area (TPSA) is 245 Å². The molecular weight excluding hydrogens is 1410 g/mol. The number of amides is 6. The number of rotatable bonds is 28. The Morgan fingerprint density at radius 2 is 0.670 bits per heavy atom. The van der Waals surface area contributed by atoms with Crippen LogP contribution >= 0.6 is 0 Å². The van der Waals surface area contributed by atoms with E-state index >= 15 is 28.8 Å². The van der Waals surface area contributed by atoms with Gasteiger partial charge in [-0.25, -0.2) is 9.97 Å². The fraction of sp³-hybridized carbons (Fsp3) is 0.348. The normalized spacial score (nSPS) is 17.5. The number of imide groups is 2. The molecule has 6 heterocycles. The molecule has 0 spiro atoms. The van der Waals surface area contributed by atoms with Crippen LogP contribution in [0.5, 0.6) is 46.0 Å². The second-order valence-electron chi connectivity index (χ2n) is 32.3. The van der Waals surface area contributed by atoms with Gasteiger partial charge in [0.2, 0.25) is 11.8 Å². The molecule has 4 fully saturated rings. The van der Waals surface area contributed by atoms with Crippen LogP contribution in [0.25, 0.3) is 43.1 Å². The van der Waals surface area contributed by atoms with Crippen LogP contribution in [-0.2, 0) is 19.1 Å². The van der Waals surface area contributed by atoms with Gasteiger partial charge < -0.3 is 49.7 Å². The summed E-state index contributed by atoms with van der Waals surface area (Å²) in [5.74, 6) is -1.00. The van der Waals surface area contributed by atoms with Crippen molar-refractivity contribution in [3.05, 3.63) is 202 Å². The second kappa shape index (κ2) is 30.3. The molecule has 0 radical (unpaired) electrons. The Kier molecular flexibility index (Phi) is 19.8. The predicted octanol–water partition coefficient (Wildman–Crippen LogP) is 20.2. The third kappa shape index (κ3) is 14.5. The number of carbonyl (C=O) groups is 6. The van der Waals surface area contributed by atoms with Crippen molar-refractivity contribution in [2.24, 2.45) is 11.8 Å². The first kappa shape index (κ1) is 73.3. The average Bonchev–Trinajstić information content (AvgIpc) is 0.862. The predicted molar refractivity (Wildman–Crippen MR) is 434 cm³/mol. The zero-order valence-corrected chi connectivity index (χ0v) is 64.4. The van der Waals surface area contributed by atoms with Crippen molar-refractivity contribution in [3.63, 3.8) is 0 Å². The molecule has 4 atom stereocenters. The fourth-order valence-corrected chi connectivity index (χ4v) is 16.9. The minimum Gasteiger partial charge on any atom is -0.457 e. The van der Waals surface area contributed by atoms with Crippen LogP contribution in [0.15, 0.2) is 158 Å². The summed E-state index contributed by atoms with van der Waals surface area (Å²) in [6, 6.07) is 41.9. The average molecular weight is 1500 g/mol. The first-order chi connectivity index (χ1) is 54.2. The summed E-state index contributed by atoms with van der Waals surface area (Å²) in [6.45, 7) is 19.3. The highest BCUT2D eigenvalue weighted by Crippen LogP contribution is 2.59. The lowest BCUT2D eigenvalue weighted by Gasteiger charge is -2.36. The van der Waals surface area contributed by atoms with E-state index < -0.39 is 47.5 Å². The molecule has 572 valence electrons. The van der Waals surface area contributed by atoms with Gasteiger partial charge in [0.05, 0.1) is 47.7 Å². The Hall–Kier alpha value is -11.5. The zero-order chi connectivity index (χ0) is 77.3. The van der Waals surface area contributed by atoms with Crippen LogP contribution in [0, 0.1) is 11.8 Å². The molecule has 11 aromatic rings. The minimum absolute atomic E-state index is 0.0109. The van der Waals surface area contributed by atoms with Crippen LogP contribution in [0.1, 0.15) is 207 Å². The maximum Gasteiger partial charge on any atom is 0.262 e. The summed E-state index contributed by atoms with van der Waals surface area (Å²) < 4.78 is 40.6. The molecule has 2 aromatic heterocycles. The summed E-state index contributed by atoms with van der Waals surface area (Å²) in [5.41, 5.74) is 5.80. The molecule has 20 heteroatoms. The summed E-state index contributed by atoms with van der Waals surface area (Å²) in [6.07, 6.45) is 10.6. The fourth-order valence-electron chi connectivity index (χ4n) is 16.9. The standard InChI is InChI=1S/C92H92N8O12/c1-49(2)55-17-25-61(26-18-55)109-73-41-67-79-68(90(104)99(89(67)103)71(37-53-13-9-10-14-53)87(101)97-77-39-59(33-35-93-77)95-45-65-47-107-65)43-75(111-63-29-21-57(22-30-63)51(5)6)83-84-76(112-64-31-23-58(24-32-64)52(7)8)44-70-80-69(42-74(82(86(80)84)81(73)85(79)83)110-62-27-19-56(20-28-62)50(3)4)91(105)100(92(70)106)72(38-54-15-11-12-16-54)88(102)98-78-40-60(34-36-94-78)96-46-66-48-108-66/h17-36,39-44,49-54,65-66,71-72H,9-16,37-38,45-48H2,1-8H3,(H2,93,95,97,101)(H2,94,96,98,102). The minimum atomic E-state index is -1.34. The van der Waals surface area contributed by atoms with Gasteiger partial charge in [0.25, 0.3) is 23.6 Å². The molecule has 2 saturated heterocycles. The number of aromatic nitrogens is 2. The van der Waals surface area contributed by atoms with E-state index in [2.05, 4.69) is 86.6 Å². The number of fused-ring (bicyclic) bond motifs is 2. The monoisotopic (exact) mass is 1500 g/mol. The van der Waals surface area contributed by atoms with Gasteiger partial charge in [-0.15, -0.1) is 0 Å². The molecule has 6 aliphatic rings. The molecule has 20 nitrogen and oxygen atoms in total. The third-order valence-electron chi connectivity index (χ3n) is 23.2. The van der Waals surface area contributed by atoms with E-state index in [4.69, 9.17) is 28.4 Å². The van der Waals surface area contributed by atoms with Gasteiger partial charge in [-0.05, 0) is 156 Å². The van der Waals surface area contributed by atoms with Gasteiger partial charge in [0, 0.05) is 92.1 Å². The summed E-state index contributed by atoms with van der Waals surface area (Å²) in [4.78, 5) is 110. The maximum atomic E-state index is 16.8. The quantitative estimate of drug-likeness (QED) is 0.0154. The second-order valence-corrected chi connectivity index (χ2v) is 32.3. The summed E-state index contributed by atoms with van der Waals surface area (Å²) in [7, 11) is 0. The van der Waals surface area contributed by atoms with Crippen LogP contribution in [0.3, 0.4) is 0 Å². The van der Waals surface area contributed by atoms with Crippen molar-refractivity contribution >= 4 is 102 Å². The number of nitrogens with zero attached hydrogens (tertiary/aromatic N) is 4. The van der Waals surface area contributed by atoms with Gasteiger partial charge in [-0.2, -0.15) is 0 Å². The largest absolute Gasteiger partial charge is 0.457 e. The number of hydrogen-bond donors (Lipinski definition) is 4. The van der Waals surface area contributed by atoms with Crippen molar-refractivity contribution in [2.45, 2.75) is 168 Å². The molecule has 6 amide bonds. The van der Waals surface area contributed by atoms with Gasteiger partial charge in [0.1, 0.15) is 69.7 Å². The number of anilines is 4. The van der Waals surface area contributed by atoms with E-state index in [1.54, 1.807) is 60.9 Å². The third-order valence-corrected chi connectivity index (χ3v) is 23.2. The first-order valence-electron chi connectivity index (χ1n) is 39.7. The van der Waals surface area contributed by atoms with Crippen molar-refractivity contribution in [2.75, 3.05) is 47.6 Å². The number of carbonyl (C=O) groups excluding carboxylic acids is 6. The Morgan fingerprint density at radius 1 is 0.393 bits per heavy atom. The van der Waals surface area contributed by atoms with Crippen molar-refractivity contribution in [1.29, 1.82) is 0 Å². The SMILES string of the molecule is CC(C)c1ccc(Oc2cc3c4c(cc(Oc5ccc(C(C)C)cc5)c5c6c(Oc7ccc(C(C)C)cc7)cc7c8c(cc(Oc9ccc(C(C)C)cc9)c(c2c45)c86)C(=O)N(C(CC2CCCC2)C(=O)Nc2cc(NCC4CO4)ccn2)C7=O)C(=O)N(C(CC2CCCC2)C(=O)Nc2cc(NCC4CO4)ccn2)C3=O)cc1. The number of nitrogens with one attached hydrogen (secondary N) is 4. The summed E-state index contributed by atoms with van der Waals surface area (Å²) in [5, 5.41) is 15.2. The van der Waals surface area contributed by atoms with E-state index in [-0.39, 0.29) is 128 Å². The number of ether oxygens (including phenoxy) is 6. The Balaban J connectivity index is 0.951. The van der Waals surface area contributed by atoms with Crippen LogP contribution in [-0.4, -0.2) is 106 Å². The summed E-state index contributed by atoms with van der Waals surface area (Å²) >= 11 is 0. The lowest BCUT2D eigenvalue weighted by atomic mass is 9.80. The Bertz CT molecular complexity index is 4930. The Morgan fingerprint density at radius 3 is 0.929 bits per heavy atom. The highest BCUT2D eigenvalue weighted by Gasteiger charge is 2.48. The Labute approximate surface area is 650 Å². The molecule has 17 rings (SSSR count). The molecule has 2 aliphatic carbocycles. The van der Waals surface area contributed by atoms with Gasteiger partial charge in [-0.1, -0.05) is 155 Å². The molecule has 4 N–H and O–H groups in total. The lowest BCUT2D eigenvalue weighted by molar-refractivity contribution is -0.121. The van der Waals surface area contributed by atoms with E-state index in [1.165, 1.54) is 0 Å². The molecule has 2 saturated carbocycles. The number of epoxide rings is 2. The van der Waals surface area contributed by atoms with E-state index in [0.29, 0.717) is 93.0 Å².